The van der Waals surface area contributed by atoms with Crippen LogP contribution in [0.1, 0.15) is 30.3 Å². The number of rotatable bonds is 3. The van der Waals surface area contributed by atoms with Crippen molar-refractivity contribution in [3.63, 3.8) is 0 Å². The quantitative estimate of drug-likeness (QED) is 0.592. The van der Waals surface area contributed by atoms with E-state index in [-0.39, 0.29) is 22.9 Å². The van der Waals surface area contributed by atoms with Gasteiger partial charge in [-0.15, -0.1) is 0 Å². The fourth-order valence-electron chi connectivity index (χ4n) is 3.93. The molecule has 1 fully saturated rings. The molecule has 1 unspecified atom stereocenters. The third-order valence-corrected chi connectivity index (χ3v) is 5.27. The molecular weight excluding hydrogens is 356 g/mol. The van der Waals surface area contributed by atoms with Gasteiger partial charge in [0.15, 0.2) is 22.9 Å². The number of fused-ring (bicyclic) bond motifs is 2. The van der Waals surface area contributed by atoms with Crippen LogP contribution in [0.2, 0.25) is 0 Å². The van der Waals surface area contributed by atoms with Crippen molar-refractivity contribution in [2.45, 2.75) is 25.3 Å². The van der Waals surface area contributed by atoms with Crippen molar-refractivity contribution in [3.05, 3.63) is 70.6 Å². The first-order valence-corrected chi connectivity index (χ1v) is 9.45. The topological polar surface area (TPSA) is 83.9 Å². The highest BCUT2D eigenvalue weighted by Gasteiger charge is 2.26. The van der Waals surface area contributed by atoms with Gasteiger partial charge in [0.05, 0.1) is 5.69 Å². The normalized spacial score (nSPS) is 18.1. The monoisotopic (exact) mass is 376 g/mol. The molecule has 4 heterocycles. The fraction of sp³-hybridized carbons (Fsp3) is 0.286. The minimum Gasteiger partial charge on any atom is -0.504 e. The lowest BCUT2D eigenvalue weighted by molar-refractivity contribution is 0.185. The summed E-state index contributed by atoms with van der Waals surface area (Å²) in [6.07, 6.45) is 3.66. The number of nitrogens with zero attached hydrogens (tertiary/aromatic N) is 4. The Morgan fingerprint density at radius 1 is 1.18 bits per heavy atom. The highest BCUT2D eigenvalue weighted by molar-refractivity contribution is 5.72. The zero-order chi connectivity index (χ0) is 19.1. The minimum atomic E-state index is -0.191. The summed E-state index contributed by atoms with van der Waals surface area (Å²) >= 11 is 0. The minimum absolute atomic E-state index is 0.00412. The van der Waals surface area contributed by atoms with Crippen LogP contribution in [-0.4, -0.2) is 37.5 Å². The highest BCUT2D eigenvalue weighted by atomic mass is 16.3. The van der Waals surface area contributed by atoms with Gasteiger partial charge < -0.3 is 9.52 Å². The molecule has 1 aliphatic rings. The largest absolute Gasteiger partial charge is 0.504 e. The summed E-state index contributed by atoms with van der Waals surface area (Å²) < 4.78 is 7.32. The molecule has 1 aromatic carbocycles. The molecule has 1 N–H and O–H groups in total. The van der Waals surface area contributed by atoms with Crippen LogP contribution in [0.25, 0.3) is 16.7 Å². The molecule has 0 spiro atoms. The van der Waals surface area contributed by atoms with E-state index in [2.05, 4.69) is 14.9 Å². The van der Waals surface area contributed by atoms with Crippen LogP contribution in [-0.2, 0) is 6.54 Å². The Kier molecular flexibility index (Phi) is 4.09. The summed E-state index contributed by atoms with van der Waals surface area (Å²) in [7, 11) is 0. The van der Waals surface area contributed by atoms with E-state index in [1.54, 1.807) is 12.3 Å². The molecule has 0 saturated carbocycles. The Morgan fingerprint density at radius 2 is 2.07 bits per heavy atom. The number of benzene rings is 1. The zero-order valence-corrected chi connectivity index (χ0v) is 15.3. The highest BCUT2D eigenvalue weighted by Crippen LogP contribution is 2.29. The van der Waals surface area contributed by atoms with Gasteiger partial charge in [0.2, 0.25) is 0 Å². The van der Waals surface area contributed by atoms with Gasteiger partial charge in [0.25, 0.3) is 5.56 Å². The molecule has 7 nitrogen and oxygen atoms in total. The first-order chi connectivity index (χ1) is 13.7. The van der Waals surface area contributed by atoms with E-state index >= 15 is 0 Å². The molecule has 5 rings (SSSR count). The number of oxazole rings is 1. The van der Waals surface area contributed by atoms with Crippen molar-refractivity contribution in [1.82, 2.24) is 19.3 Å². The van der Waals surface area contributed by atoms with Gasteiger partial charge in [0.1, 0.15) is 5.52 Å². The Balaban J connectivity index is 1.39. The van der Waals surface area contributed by atoms with Crippen molar-refractivity contribution in [1.29, 1.82) is 0 Å². The van der Waals surface area contributed by atoms with Gasteiger partial charge in [0, 0.05) is 31.3 Å². The maximum Gasteiger partial charge on any atom is 0.258 e. The Labute approximate surface area is 160 Å². The second-order valence-electron chi connectivity index (χ2n) is 7.27. The lowest BCUT2D eigenvalue weighted by atomic mass is 9.98. The standard InChI is InChI=1S/C21H20N4O3/c26-17-7-4-10-25-19(27)11-15(22-20(17)25)13-24-9-3-5-14(12-24)21-23-16-6-1-2-8-18(16)28-21/h1-2,4,6-8,10-11,14,26H,3,5,9,12-13H2. The van der Waals surface area contributed by atoms with Gasteiger partial charge in [-0.25, -0.2) is 9.97 Å². The summed E-state index contributed by atoms with van der Waals surface area (Å²) in [5, 5.41) is 10.0. The summed E-state index contributed by atoms with van der Waals surface area (Å²) in [5.41, 5.74) is 2.45. The lowest BCUT2D eigenvalue weighted by Gasteiger charge is -2.30. The lowest BCUT2D eigenvalue weighted by Crippen LogP contribution is -2.34. The Morgan fingerprint density at radius 3 is 2.96 bits per heavy atom. The van der Waals surface area contributed by atoms with Crippen LogP contribution >= 0.6 is 0 Å². The van der Waals surface area contributed by atoms with Crippen molar-refractivity contribution in [3.8, 4) is 5.75 Å². The molecule has 1 aliphatic heterocycles. The third kappa shape index (κ3) is 3.03. The number of para-hydroxylation sites is 2. The SMILES string of the molecule is O=c1cc(CN2CCCC(c3nc4ccccc4o3)C2)nc2c(O)cccn12. The zero-order valence-electron chi connectivity index (χ0n) is 15.3. The predicted octanol–water partition coefficient (Wildman–Crippen LogP) is 2.92. The van der Waals surface area contributed by atoms with Gasteiger partial charge >= 0.3 is 0 Å². The van der Waals surface area contributed by atoms with Crippen LogP contribution in [0.4, 0.5) is 0 Å². The van der Waals surface area contributed by atoms with Crippen LogP contribution in [0.15, 0.2) is 57.9 Å². The summed E-state index contributed by atoms with van der Waals surface area (Å²) in [4.78, 5) is 23.8. The molecule has 0 bridgehead atoms. The number of piperidine rings is 1. The molecule has 1 atom stereocenters. The van der Waals surface area contributed by atoms with E-state index in [4.69, 9.17) is 4.42 Å². The molecule has 4 aromatic rings. The molecule has 28 heavy (non-hydrogen) atoms. The summed E-state index contributed by atoms with van der Waals surface area (Å²) in [6.45, 7) is 2.28. The molecule has 3 aromatic heterocycles. The van der Waals surface area contributed by atoms with E-state index in [0.717, 1.165) is 42.9 Å². The Hall–Kier alpha value is -3.19. The van der Waals surface area contributed by atoms with Crippen molar-refractivity contribution >= 4 is 16.7 Å². The number of hydrogen-bond acceptors (Lipinski definition) is 6. The fourth-order valence-corrected chi connectivity index (χ4v) is 3.93. The smallest absolute Gasteiger partial charge is 0.258 e. The molecule has 0 aliphatic carbocycles. The molecule has 0 amide bonds. The van der Waals surface area contributed by atoms with Gasteiger partial charge in [-0.1, -0.05) is 12.1 Å². The maximum absolute atomic E-state index is 12.3. The van der Waals surface area contributed by atoms with Gasteiger partial charge in [-0.2, -0.15) is 0 Å². The second kappa shape index (κ2) is 6.76. The van der Waals surface area contributed by atoms with E-state index in [9.17, 15) is 9.90 Å². The van der Waals surface area contributed by atoms with Crippen molar-refractivity contribution in [2.24, 2.45) is 0 Å². The molecule has 142 valence electrons. The molecule has 0 radical (unpaired) electrons. The summed E-state index contributed by atoms with van der Waals surface area (Å²) in [6, 6.07) is 12.5. The summed E-state index contributed by atoms with van der Waals surface area (Å²) in [5.74, 6) is 0.996. The van der Waals surface area contributed by atoms with Crippen LogP contribution < -0.4 is 5.56 Å². The van der Waals surface area contributed by atoms with E-state index < -0.39 is 0 Å². The van der Waals surface area contributed by atoms with E-state index in [0.29, 0.717) is 12.2 Å². The average molecular weight is 376 g/mol. The average Bonchev–Trinajstić information content (AvgIpc) is 3.14. The third-order valence-electron chi connectivity index (χ3n) is 5.27. The maximum atomic E-state index is 12.3. The Bertz CT molecular complexity index is 1180. The number of likely N-dealkylation sites (tertiary alicyclic amines) is 1. The number of pyridine rings is 1. The van der Waals surface area contributed by atoms with Gasteiger partial charge in [-0.05, 0) is 43.7 Å². The molecular formula is C21H20N4O3. The predicted molar refractivity (Wildman–Crippen MR) is 104 cm³/mol. The molecule has 1 saturated heterocycles. The van der Waals surface area contributed by atoms with Crippen LogP contribution in [0, 0.1) is 0 Å². The second-order valence-corrected chi connectivity index (χ2v) is 7.27. The van der Waals surface area contributed by atoms with E-state index in [1.165, 1.54) is 16.5 Å². The number of hydrogen-bond donors (Lipinski definition) is 1. The van der Waals surface area contributed by atoms with Crippen LogP contribution in [0.5, 0.6) is 5.75 Å². The first kappa shape index (κ1) is 16.9. The van der Waals surface area contributed by atoms with Crippen molar-refractivity contribution < 1.29 is 9.52 Å². The van der Waals surface area contributed by atoms with E-state index in [1.807, 2.05) is 24.3 Å². The number of aromatic nitrogens is 3. The first-order valence-electron chi connectivity index (χ1n) is 9.45. The van der Waals surface area contributed by atoms with Gasteiger partial charge in [-0.3, -0.25) is 14.1 Å². The number of aromatic hydroxyl groups is 1. The molecule has 7 heteroatoms. The van der Waals surface area contributed by atoms with Crippen LogP contribution in [0.3, 0.4) is 0 Å². The van der Waals surface area contributed by atoms with Crippen molar-refractivity contribution in [2.75, 3.05) is 13.1 Å².